The van der Waals surface area contributed by atoms with Gasteiger partial charge in [-0.1, -0.05) is 60.7 Å². The van der Waals surface area contributed by atoms with Gasteiger partial charge in [0.15, 0.2) is 4.80 Å². The molecule has 0 aliphatic carbocycles. The van der Waals surface area contributed by atoms with Gasteiger partial charge >= 0.3 is 5.97 Å². The van der Waals surface area contributed by atoms with Gasteiger partial charge in [0.25, 0.3) is 5.56 Å². The Hall–Kier alpha value is -3.09. The van der Waals surface area contributed by atoms with Gasteiger partial charge in [-0.2, -0.15) is 0 Å². The third kappa shape index (κ3) is 5.70. The van der Waals surface area contributed by atoms with Crippen molar-refractivity contribution in [2.45, 2.75) is 26.0 Å². The van der Waals surface area contributed by atoms with Gasteiger partial charge in [0.05, 0.1) is 37.0 Å². The second-order valence-electron chi connectivity index (χ2n) is 8.93. The Kier molecular flexibility index (Phi) is 8.67. The summed E-state index contributed by atoms with van der Waals surface area (Å²) in [5, 5.41) is 0. The maximum absolute atomic E-state index is 13.8. The normalized spacial score (nSPS) is 15.0. The van der Waals surface area contributed by atoms with E-state index in [1.54, 1.807) is 16.7 Å². The number of thiazole rings is 1. The highest BCUT2D eigenvalue weighted by molar-refractivity contribution is 14.1. The fourth-order valence-electron chi connectivity index (χ4n) is 4.50. The Morgan fingerprint density at radius 2 is 1.90 bits per heavy atom. The lowest BCUT2D eigenvalue weighted by Gasteiger charge is -2.25. The molecule has 1 aliphatic rings. The Labute approximate surface area is 255 Å². The molecular formula is C30H23BrFIN2O4S. The lowest BCUT2D eigenvalue weighted by molar-refractivity contribution is -0.136. The molecule has 40 heavy (non-hydrogen) atoms. The molecule has 3 aromatic carbocycles. The van der Waals surface area contributed by atoms with E-state index >= 15 is 0 Å². The summed E-state index contributed by atoms with van der Waals surface area (Å²) in [7, 11) is 1.34. The molecule has 0 amide bonds. The average molecular weight is 733 g/mol. The molecule has 0 unspecified atom stereocenters. The molecule has 4 aromatic rings. The first-order valence-electron chi connectivity index (χ1n) is 12.3. The molecule has 0 saturated carbocycles. The molecule has 0 spiro atoms. The van der Waals surface area contributed by atoms with Crippen LogP contribution < -0.4 is 19.6 Å². The molecule has 10 heteroatoms. The van der Waals surface area contributed by atoms with E-state index in [-0.39, 0.29) is 18.0 Å². The summed E-state index contributed by atoms with van der Waals surface area (Å²) in [6, 6.07) is 18.8. The number of nitrogens with zero attached hydrogens (tertiary/aromatic N) is 2. The van der Waals surface area contributed by atoms with E-state index in [1.807, 2.05) is 55.5 Å². The number of esters is 1. The van der Waals surface area contributed by atoms with Crippen LogP contribution >= 0.6 is 49.9 Å². The van der Waals surface area contributed by atoms with Gasteiger partial charge in [0, 0.05) is 0 Å². The van der Waals surface area contributed by atoms with Crippen LogP contribution in [-0.2, 0) is 16.1 Å². The first-order chi connectivity index (χ1) is 19.3. The number of allylic oxidation sites excluding steroid dienone is 1. The summed E-state index contributed by atoms with van der Waals surface area (Å²) in [4.78, 5) is 32.0. The zero-order chi connectivity index (χ0) is 28.4. The molecule has 0 N–H and O–H groups in total. The number of ether oxygens (including phenoxy) is 2. The van der Waals surface area contributed by atoms with Crippen molar-refractivity contribution in [3.05, 3.63) is 128 Å². The molecule has 0 fully saturated rings. The number of rotatable bonds is 7. The van der Waals surface area contributed by atoms with Crippen molar-refractivity contribution >= 4 is 61.9 Å². The second kappa shape index (κ2) is 12.2. The van der Waals surface area contributed by atoms with Gasteiger partial charge in [0.2, 0.25) is 0 Å². The highest BCUT2D eigenvalue weighted by Gasteiger charge is 2.33. The van der Waals surface area contributed by atoms with Crippen molar-refractivity contribution in [1.29, 1.82) is 0 Å². The number of carbonyl (C=O) groups excluding carboxylic acids is 1. The van der Waals surface area contributed by atoms with Crippen LogP contribution in [0.2, 0.25) is 0 Å². The van der Waals surface area contributed by atoms with Crippen LogP contribution in [0.15, 0.2) is 92.3 Å². The van der Waals surface area contributed by atoms with Gasteiger partial charge in [-0.15, -0.1) is 0 Å². The van der Waals surface area contributed by atoms with E-state index in [2.05, 4.69) is 38.5 Å². The van der Waals surface area contributed by atoms with Crippen molar-refractivity contribution in [3.8, 4) is 5.75 Å². The molecule has 1 aliphatic heterocycles. The number of fused-ring (bicyclic) bond motifs is 1. The lowest BCUT2D eigenvalue weighted by atomic mass is 9.95. The van der Waals surface area contributed by atoms with Crippen molar-refractivity contribution in [3.63, 3.8) is 0 Å². The van der Waals surface area contributed by atoms with E-state index < -0.39 is 12.0 Å². The first kappa shape index (κ1) is 28.4. The molecule has 2 heterocycles. The second-order valence-corrected chi connectivity index (χ2v) is 12.0. The first-order valence-corrected chi connectivity index (χ1v) is 15.0. The lowest BCUT2D eigenvalue weighted by Crippen LogP contribution is -2.40. The number of aromatic nitrogens is 1. The predicted molar refractivity (Wildman–Crippen MR) is 164 cm³/mol. The minimum Gasteiger partial charge on any atom is -0.487 e. The number of hydrogen-bond acceptors (Lipinski definition) is 6. The number of carbonyl (C=O) groups is 1. The highest BCUT2D eigenvalue weighted by Crippen LogP contribution is 2.34. The molecular weight excluding hydrogens is 710 g/mol. The fourth-order valence-corrected chi connectivity index (χ4v) is 7.29. The van der Waals surface area contributed by atoms with E-state index in [0.717, 1.165) is 24.7 Å². The molecule has 0 saturated heterocycles. The quantitative estimate of drug-likeness (QED) is 0.176. The summed E-state index contributed by atoms with van der Waals surface area (Å²) in [5.74, 6) is -0.141. The molecule has 0 bridgehead atoms. The van der Waals surface area contributed by atoms with Crippen LogP contribution in [0.4, 0.5) is 4.39 Å². The van der Waals surface area contributed by atoms with E-state index in [0.29, 0.717) is 32.8 Å². The van der Waals surface area contributed by atoms with Crippen molar-refractivity contribution in [2.24, 2.45) is 4.99 Å². The Bertz CT molecular complexity index is 1780. The maximum Gasteiger partial charge on any atom is 0.338 e. The fraction of sp³-hybridized carbons (Fsp3) is 0.167. The van der Waals surface area contributed by atoms with Crippen molar-refractivity contribution < 1.29 is 18.7 Å². The van der Waals surface area contributed by atoms with Crippen LogP contribution in [0.5, 0.6) is 5.75 Å². The number of hydrogen-bond donors (Lipinski definition) is 0. The van der Waals surface area contributed by atoms with E-state index in [4.69, 9.17) is 14.5 Å². The molecule has 1 aromatic heterocycles. The van der Waals surface area contributed by atoms with Crippen LogP contribution in [0.25, 0.3) is 6.08 Å². The van der Waals surface area contributed by atoms with Crippen molar-refractivity contribution in [2.75, 3.05) is 7.11 Å². The van der Waals surface area contributed by atoms with Gasteiger partial charge in [0.1, 0.15) is 18.2 Å². The summed E-state index contributed by atoms with van der Waals surface area (Å²) < 4.78 is 28.0. The van der Waals surface area contributed by atoms with Crippen molar-refractivity contribution in [1.82, 2.24) is 4.57 Å². The largest absolute Gasteiger partial charge is 0.487 e. The van der Waals surface area contributed by atoms with Crippen LogP contribution in [0, 0.1) is 9.39 Å². The number of methoxy groups -OCH3 is 1. The molecule has 6 nitrogen and oxygen atoms in total. The third-order valence-electron chi connectivity index (χ3n) is 6.38. The Balaban J connectivity index is 1.56. The summed E-state index contributed by atoms with van der Waals surface area (Å²) in [5.41, 5.74) is 3.19. The number of benzene rings is 3. The minimum absolute atomic E-state index is 0.239. The van der Waals surface area contributed by atoms with Gasteiger partial charge < -0.3 is 9.47 Å². The molecule has 204 valence electrons. The van der Waals surface area contributed by atoms with Gasteiger partial charge in [-0.05, 0) is 92.0 Å². The zero-order valence-corrected chi connectivity index (χ0v) is 26.0. The van der Waals surface area contributed by atoms with Gasteiger partial charge in [-0.3, -0.25) is 9.36 Å². The van der Waals surface area contributed by atoms with Crippen LogP contribution in [-0.4, -0.2) is 17.6 Å². The number of halogens is 3. The third-order valence-corrected chi connectivity index (χ3v) is 8.75. The zero-order valence-electron chi connectivity index (χ0n) is 21.5. The van der Waals surface area contributed by atoms with E-state index in [1.165, 1.54) is 30.6 Å². The Morgan fingerprint density at radius 1 is 1.18 bits per heavy atom. The maximum atomic E-state index is 13.8. The smallest absolute Gasteiger partial charge is 0.338 e. The molecule has 1 atom stereocenters. The minimum atomic E-state index is -0.642. The SMILES string of the molecule is CCC1=C(C(=O)OC)[C@@H](c2ccccc2)n2c(s/c(=C\c3cc(Br)c(OCc4ccc(F)cc4)c(I)c3)c2=O)=N1. The summed E-state index contributed by atoms with van der Waals surface area (Å²) >= 11 is 7.07. The van der Waals surface area contributed by atoms with Crippen LogP contribution in [0.3, 0.4) is 0 Å². The highest BCUT2D eigenvalue weighted by atomic mass is 127. The summed E-state index contributed by atoms with van der Waals surface area (Å²) in [6.45, 7) is 2.21. The average Bonchev–Trinajstić information content (AvgIpc) is 3.26. The monoisotopic (exact) mass is 732 g/mol. The van der Waals surface area contributed by atoms with E-state index in [9.17, 15) is 14.0 Å². The summed E-state index contributed by atoms with van der Waals surface area (Å²) in [6.07, 6.45) is 2.33. The van der Waals surface area contributed by atoms with Gasteiger partial charge in [-0.25, -0.2) is 14.2 Å². The topological polar surface area (TPSA) is 69.9 Å². The predicted octanol–water partition coefficient (Wildman–Crippen LogP) is 5.88. The van der Waals surface area contributed by atoms with Crippen LogP contribution in [0.1, 0.15) is 36.1 Å². The Morgan fingerprint density at radius 3 is 2.55 bits per heavy atom. The molecule has 0 radical (unpaired) electrons. The molecule has 5 rings (SSSR count). The standard InChI is InChI=1S/C30H23BrFIN2O4S/c1-3-23-25(29(37)38-2)26(19-7-5-4-6-8-19)35-28(36)24(40-30(35)34-23)15-18-13-21(31)27(22(33)14-18)39-16-17-9-11-20(32)12-10-17/h4-15,26H,3,16H2,1-2H3/b24-15-/t26-/m1/s1.